The number of hydrogen-bond acceptors (Lipinski definition) is 3. The summed E-state index contributed by atoms with van der Waals surface area (Å²) in [4.78, 5) is 11.8. The minimum absolute atomic E-state index is 0.0738. The highest BCUT2D eigenvalue weighted by atomic mass is 79.9. The molecule has 0 aliphatic carbocycles. The minimum Gasteiger partial charge on any atom is -0.457 e. The maximum Gasteiger partial charge on any atom is 0.338 e. The molecule has 0 aliphatic rings. The molecule has 0 amide bonds. The number of ether oxygens (including phenoxy) is 1. The second-order valence-corrected chi connectivity index (χ2v) is 4.76. The van der Waals surface area contributed by atoms with Crippen molar-refractivity contribution in [2.75, 3.05) is 5.73 Å². The molecule has 3 nitrogen and oxygen atoms in total. The Morgan fingerprint density at radius 3 is 2.68 bits per heavy atom. The molecule has 2 aromatic carbocycles. The van der Waals surface area contributed by atoms with Gasteiger partial charge in [-0.3, -0.25) is 0 Å². The average Bonchev–Trinajstić information content (AvgIpc) is 2.40. The van der Waals surface area contributed by atoms with Gasteiger partial charge in [0.2, 0.25) is 0 Å². The molecule has 0 atom stereocenters. The summed E-state index contributed by atoms with van der Waals surface area (Å²) in [5.41, 5.74) is 6.41. The fraction of sp³-hybridized carbons (Fsp3) is 0.0714. The third-order valence-electron chi connectivity index (χ3n) is 2.55. The van der Waals surface area contributed by atoms with Gasteiger partial charge in [0.1, 0.15) is 12.4 Å². The number of hydrogen-bond donors (Lipinski definition) is 1. The van der Waals surface area contributed by atoms with E-state index in [9.17, 15) is 9.18 Å². The second kappa shape index (κ2) is 5.84. The second-order valence-electron chi connectivity index (χ2n) is 3.90. The van der Waals surface area contributed by atoms with Crippen molar-refractivity contribution in [2.24, 2.45) is 0 Å². The van der Waals surface area contributed by atoms with Gasteiger partial charge in [-0.05, 0) is 24.3 Å². The summed E-state index contributed by atoms with van der Waals surface area (Å²) >= 11 is 3.36. The Hall–Kier alpha value is -1.88. The first-order valence-electron chi connectivity index (χ1n) is 5.53. The molecular formula is C14H11BrFNO2. The minimum atomic E-state index is -0.553. The van der Waals surface area contributed by atoms with E-state index in [4.69, 9.17) is 10.5 Å². The Morgan fingerprint density at radius 2 is 2.00 bits per heavy atom. The Labute approximate surface area is 118 Å². The molecule has 98 valence electrons. The van der Waals surface area contributed by atoms with Crippen LogP contribution in [0.5, 0.6) is 0 Å². The summed E-state index contributed by atoms with van der Waals surface area (Å²) in [7, 11) is 0. The van der Waals surface area contributed by atoms with E-state index in [0.29, 0.717) is 0 Å². The van der Waals surface area contributed by atoms with Crippen LogP contribution in [0.1, 0.15) is 15.9 Å². The van der Waals surface area contributed by atoms with Gasteiger partial charge in [0.05, 0.1) is 11.3 Å². The zero-order valence-electron chi connectivity index (χ0n) is 9.90. The van der Waals surface area contributed by atoms with Crippen molar-refractivity contribution in [3.05, 3.63) is 63.9 Å². The summed E-state index contributed by atoms with van der Waals surface area (Å²) in [5, 5.41) is 0. The van der Waals surface area contributed by atoms with Crippen molar-refractivity contribution in [1.29, 1.82) is 0 Å². The van der Waals surface area contributed by atoms with Crippen molar-refractivity contribution >= 4 is 27.6 Å². The monoisotopic (exact) mass is 323 g/mol. The summed E-state index contributed by atoms with van der Waals surface area (Å²) in [6.07, 6.45) is 0. The number of rotatable bonds is 3. The molecule has 2 aromatic rings. The lowest BCUT2D eigenvalue weighted by Crippen LogP contribution is -2.06. The van der Waals surface area contributed by atoms with Gasteiger partial charge in [-0.15, -0.1) is 0 Å². The standard InChI is InChI=1S/C14H11BrFNO2/c15-11-4-2-1-3-10(11)8-19-14(18)9-5-6-12(16)13(17)7-9/h1-7H,8,17H2. The van der Waals surface area contributed by atoms with Gasteiger partial charge < -0.3 is 10.5 Å². The molecule has 0 unspecified atom stereocenters. The average molecular weight is 324 g/mol. The molecule has 0 spiro atoms. The van der Waals surface area contributed by atoms with E-state index in [2.05, 4.69) is 15.9 Å². The first kappa shape index (κ1) is 13.5. The number of esters is 1. The zero-order valence-corrected chi connectivity index (χ0v) is 11.5. The first-order valence-corrected chi connectivity index (χ1v) is 6.33. The molecule has 0 aromatic heterocycles. The molecule has 0 saturated carbocycles. The van der Waals surface area contributed by atoms with E-state index < -0.39 is 11.8 Å². The van der Waals surface area contributed by atoms with Crippen LogP contribution in [0.3, 0.4) is 0 Å². The van der Waals surface area contributed by atoms with Crippen LogP contribution in [0.15, 0.2) is 46.9 Å². The smallest absolute Gasteiger partial charge is 0.338 e. The largest absolute Gasteiger partial charge is 0.457 e. The van der Waals surface area contributed by atoms with Crippen LogP contribution in [-0.2, 0) is 11.3 Å². The van der Waals surface area contributed by atoms with Crippen LogP contribution in [0.2, 0.25) is 0 Å². The van der Waals surface area contributed by atoms with Crippen LogP contribution in [-0.4, -0.2) is 5.97 Å². The van der Waals surface area contributed by atoms with Crippen LogP contribution < -0.4 is 5.73 Å². The van der Waals surface area contributed by atoms with Gasteiger partial charge in [-0.25, -0.2) is 9.18 Å². The maximum absolute atomic E-state index is 13.0. The molecule has 0 radical (unpaired) electrons. The molecule has 5 heteroatoms. The third kappa shape index (κ3) is 3.32. The van der Waals surface area contributed by atoms with E-state index >= 15 is 0 Å². The number of nitrogen functional groups attached to an aromatic ring is 1. The van der Waals surface area contributed by atoms with Gasteiger partial charge in [-0.1, -0.05) is 34.1 Å². The van der Waals surface area contributed by atoms with Crippen molar-refractivity contribution in [1.82, 2.24) is 0 Å². The van der Waals surface area contributed by atoms with Gasteiger partial charge in [-0.2, -0.15) is 0 Å². The molecule has 0 fully saturated rings. The summed E-state index contributed by atoms with van der Waals surface area (Å²) in [6.45, 7) is 0.136. The summed E-state index contributed by atoms with van der Waals surface area (Å²) < 4.78 is 19.0. The highest BCUT2D eigenvalue weighted by Gasteiger charge is 2.10. The van der Waals surface area contributed by atoms with E-state index in [0.717, 1.165) is 16.1 Å². The molecule has 2 N–H and O–H groups in total. The number of nitrogens with two attached hydrogens (primary N) is 1. The third-order valence-corrected chi connectivity index (χ3v) is 3.32. The van der Waals surface area contributed by atoms with Gasteiger partial charge in [0.15, 0.2) is 0 Å². The molecule has 0 bridgehead atoms. The van der Waals surface area contributed by atoms with Crippen LogP contribution in [0.4, 0.5) is 10.1 Å². The predicted octanol–water partition coefficient (Wildman–Crippen LogP) is 3.53. The summed E-state index contributed by atoms with van der Waals surface area (Å²) in [6, 6.07) is 11.2. The number of carbonyl (C=O) groups is 1. The Morgan fingerprint density at radius 1 is 1.26 bits per heavy atom. The zero-order chi connectivity index (χ0) is 13.8. The highest BCUT2D eigenvalue weighted by Crippen LogP contribution is 2.18. The van der Waals surface area contributed by atoms with E-state index in [1.165, 1.54) is 12.1 Å². The maximum atomic E-state index is 13.0. The number of carbonyl (C=O) groups excluding carboxylic acids is 1. The van der Waals surface area contributed by atoms with Crippen LogP contribution in [0, 0.1) is 5.82 Å². The lowest BCUT2D eigenvalue weighted by atomic mass is 10.2. The Bertz CT molecular complexity index is 616. The fourth-order valence-electron chi connectivity index (χ4n) is 1.51. The van der Waals surface area contributed by atoms with Crippen LogP contribution in [0.25, 0.3) is 0 Å². The molecular weight excluding hydrogens is 313 g/mol. The SMILES string of the molecule is Nc1cc(C(=O)OCc2ccccc2Br)ccc1F. The molecule has 2 rings (SSSR count). The fourth-order valence-corrected chi connectivity index (χ4v) is 1.91. The lowest BCUT2D eigenvalue weighted by Gasteiger charge is -2.07. The lowest BCUT2D eigenvalue weighted by molar-refractivity contribution is 0.0472. The van der Waals surface area contributed by atoms with Crippen molar-refractivity contribution < 1.29 is 13.9 Å². The Kier molecular flexibility index (Phi) is 4.16. The topological polar surface area (TPSA) is 52.3 Å². The first-order chi connectivity index (χ1) is 9.08. The molecule has 0 heterocycles. The quantitative estimate of drug-likeness (QED) is 0.694. The van der Waals surface area contributed by atoms with Gasteiger partial charge >= 0.3 is 5.97 Å². The number of halogens is 2. The van der Waals surface area contributed by atoms with E-state index in [1.807, 2.05) is 24.3 Å². The summed E-state index contributed by atoms with van der Waals surface area (Å²) in [5.74, 6) is -1.09. The van der Waals surface area contributed by atoms with Gasteiger partial charge in [0, 0.05) is 10.0 Å². The van der Waals surface area contributed by atoms with Crippen molar-refractivity contribution in [3.8, 4) is 0 Å². The Balaban J connectivity index is 2.05. The number of benzene rings is 2. The normalized spacial score (nSPS) is 10.2. The van der Waals surface area contributed by atoms with Gasteiger partial charge in [0.25, 0.3) is 0 Å². The van der Waals surface area contributed by atoms with Crippen molar-refractivity contribution in [2.45, 2.75) is 6.61 Å². The van der Waals surface area contributed by atoms with Crippen molar-refractivity contribution in [3.63, 3.8) is 0 Å². The molecule has 0 saturated heterocycles. The van der Waals surface area contributed by atoms with E-state index in [-0.39, 0.29) is 17.9 Å². The highest BCUT2D eigenvalue weighted by molar-refractivity contribution is 9.10. The molecule has 19 heavy (non-hydrogen) atoms. The number of anilines is 1. The predicted molar refractivity (Wildman–Crippen MR) is 74.1 cm³/mol. The van der Waals surface area contributed by atoms with Crippen LogP contribution >= 0.6 is 15.9 Å². The molecule has 0 aliphatic heterocycles. The van der Waals surface area contributed by atoms with E-state index in [1.54, 1.807) is 0 Å².